The van der Waals surface area contributed by atoms with Crippen molar-refractivity contribution in [3.63, 3.8) is 0 Å². The Morgan fingerprint density at radius 3 is 2.71 bits per heavy atom. The number of anilines is 1. The Kier molecular flexibility index (Phi) is 2.51. The molecule has 6 nitrogen and oxygen atoms in total. The van der Waals surface area contributed by atoms with E-state index in [1.165, 1.54) is 13.8 Å². The highest BCUT2D eigenvalue weighted by molar-refractivity contribution is 5.94. The minimum Gasteiger partial charge on any atom is -0.315 e. The van der Waals surface area contributed by atoms with Crippen molar-refractivity contribution in [2.75, 3.05) is 5.32 Å². The van der Waals surface area contributed by atoms with E-state index in [4.69, 9.17) is 5.26 Å². The van der Waals surface area contributed by atoms with Crippen LogP contribution in [-0.4, -0.2) is 16.0 Å². The summed E-state index contributed by atoms with van der Waals surface area (Å²) in [6, 6.07) is 1.88. The molecule has 1 amide bonds. The van der Waals surface area contributed by atoms with Crippen molar-refractivity contribution >= 4 is 11.9 Å². The van der Waals surface area contributed by atoms with E-state index < -0.39 is 11.3 Å². The Morgan fingerprint density at radius 1 is 1.64 bits per heavy atom. The number of nitrogens with zero attached hydrogens (tertiary/aromatic N) is 3. The van der Waals surface area contributed by atoms with Gasteiger partial charge in [-0.1, -0.05) is 5.16 Å². The van der Waals surface area contributed by atoms with Gasteiger partial charge in [-0.25, -0.2) is 0 Å². The Balaban J connectivity index is 2.72. The largest absolute Gasteiger partial charge is 0.328 e. The number of aromatic nitrogens is 2. The second kappa shape index (κ2) is 3.46. The molecule has 0 aliphatic carbocycles. The number of rotatable bonds is 2. The molecule has 1 aromatic rings. The molecular formula is C8H10N4O2. The molecule has 0 aliphatic rings. The highest BCUT2D eigenvalue weighted by Crippen LogP contribution is 2.15. The van der Waals surface area contributed by atoms with Gasteiger partial charge in [0.1, 0.15) is 5.41 Å². The number of nitriles is 1. The summed E-state index contributed by atoms with van der Waals surface area (Å²) in [5, 5.41) is 14.5. The number of hydrogen-bond acceptors (Lipinski definition) is 5. The zero-order chi connectivity index (χ0) is 10.8. The number of aryl methyl sites for hydroxylation is 1. The van der Waals surface area contributed by atoms with Gasteiger partial charge in [0, 0.05) is 0 Å². The Bertz CT molecular complexity index is 388. The molecule has 0 atom stereocenters. The topological polar surface area (TPSA) is 91.8 Å². The zero-order valence-corrected chi connectivity index (χ0v) is 8.16. The smallest absolute Gasteiger partial charge is 0.315 e. The lowest BCUT2D eigenvalue weighted by molar-refractivity contribution is -0.121. The van der Waals surface area contributed by atoms with E-state index in [0.29, 0.717) is 5.82 Å². The third-order valence-electron chi connectivity index (χ3n) is 1.60. The van der Waals surface area contributed by atoms with Gasteiger partial charge in [0.25, 0.3) is 0 Å². The fourth-order valence-electron chi connectivity index (χ4n) is 0.652. The van der Waals surface area contributed by atoms with E-state index in [9.17, 15) is 4.79 Å². The Labute approximate surface area is 80.9 Å². The molecular weight excluding hydrogens is 184 g/mol. The van der Waals surface area contributed by atoms with Crippen molar-refractivity contribution in [3.8, 4) is 6.07 Å². The second-order valence-corrected chi connectivity index (χ2v) is 3.34. The van der Waals surface area contributed by atoms with Gasteiger partial charge in [-0.05, 0) is 20.8 Å². The van der Waals surface area contributed by atoms with E-state index in [1.807, 2.05) is 6.07 Å². The van der Waals surface area contributed by atoms with E-state index in [-0.39, 0.29) is 6.01 Å². The molecule has 1 N–H and O–H groups in total. The second-order valence-electron chi connectivity index (χ2n) is 3.34. The monoisotopic (exact) mass is 194 g/mol. The van der Waals surface area contributed by atoms with Gasteiger partial charge < -0.3 is 4.52 Å². The van der Waals surface area contributed by atoms with Crippen molar-refractivity contribution in [3.05, 3.63) is 5.82 Å². The van der Waals surface area contributed by atoms with E-state index >= 15 is 0 Å². The molecule has 0 aromatic carbocycles. The van der Waals surface area contributed by atoms with Crippen molar-refractivity contribution in [1.82, 2.24) is 10.1 Å². The molecule has 0 aliphatic heterocycles. The van der Waals surface area contributed by atoms with Crippen LogP contribution in [0, 0.1) is 23.7 Å². The summed E-state index contributed by atoms with van der Waals surface area (Å²) in [6.45, 7) is 4.64. The molecule has 0 saturated heterocycles. The summed E-state index contributed by atoms with van der Waals surface area (Å²) in [7, 11) is 0. The van der Waals surface area contributed by atoms with Crippen molar-refractivity contribution < 1.29 is 9.32 Å². The molecule has 0 radical (unpaired) electrons. The SMILES string of the molecule is Cc1noc(NC(=O)C(C)(C)C#N)n1. The van der Waals surface area contributed by atoms with E-state index in [2.05, 4.69) is 20.0 Å². The van der Waals surface area contributed by atoms with Crippen molar-refractivity contribution in [2.45, 2.75) is 20.8 Å². The fourth-order valence-corrected chi connectivity index (χ4v) is 0.652. The van der Waals surface area contributed by atoms with Crippen LogP contribution in [0.5, 0.6) is 0 Å². The van der Waals surface area contributed by atoms with Gasteiger partial charge in [0.15, 0.2) is 5.82 Å². The van der Waals surface area contributed by atoms with E-state index in [0.717, 1.165) is 0 Å². The first-order valence-corrected chi connectivity index (χ1v) is 3.99. The summed E-state index contributed by atoms with van der Waals surface area (Å²) in [6.07, 6.45) is 0. The standard InChI is InChI=1S/C8H10N4O2/c1-5-10-7(14-12-5)11-6(13)8(2,3)4-9/h1-3H3,(H,10,11,12,13). The summed E-state index contributed by atoms with van der Waals surface area (Å²) in [5.74, 6) is -0.0429. The summed E-state index contributed by atoms with van der Waals surface area (Å²) in [5.41, 5.74) is -1.11. The van der Waals surface area contributed by atoms with Crippen LogP contribution in [0.4, 0.5) is 6.01 Å². The van der Waals surface area contributed by atoms with Crippen LogP contribution in [-0.2, 0) is 4.79 Å². The molecule has 1 rings (SSSR count). The summed E-state index contributed by atoms with van der Waals surface area (Å²) < 4.78 is 4.67. The molecule has 14 heavy (non-hydrogen) atoms. The molecule has 0 saturated carbocycles. The third-order valence-corrected chi connectivity index (χ3v) is 1.60. The van der Waals surface area contributed by atoms with Crippen LogP contribution in [0.25, 0.3) is 0 Å². The summed E-state index contributed by atoms with van der Waals surface area (Å²) in [4.78, 5) is 15.2. The highest BCUT2D eigenvalue weighted by atomic mass is 16.5. The molecule has 6 heteroatoms. The molecule has 0 bridgehead atoms. The van der Waals surface area contributed by atoms with Crippen LogP contribution < -0.4 is 5.32 Å². The van der Waals surface area contributed by atoms with Gasteiger partial charge in [0.05, 0.1) is 6.07 Å². The average molecular weight is 194 g/mol. The summed E-state index contributed by atoms with van der Waals surface area (Å²) >= 11 is 0. The third kappa shape index (κ3) is 2.07. The van der Waals surface area contributed by atoms with Gasteiger partial charge in [-0.3, -0.25) is 10.1 Å². The molecule has 0 spiro atoms. The normalized spacial score (nSPS) is 10.7. The van der Waals surface area contributed by atoms with E-state index in [1.54, 1.807) is 6.92 Å². The first kappa shape index (κ1) is 10.2. The van der Waals surface area contributed by atoms with Crippen molar-refractivity contribution in [1.29, 1.82) is 5.26 Å². The van der Waals surface area contributed by atoms with Crippen LogP contribution in [0.1, 0.15) is 19.7 Å². The van der Waals surface area contributed by atoms with Gasteiger partial charge >= 0.3 is 6.01 Å². The number of hydrogen-bond donors (Lipinski definition) is 1. The Morgan fingerprint density at radius 2 is 2.29 bits per heavy atom. The Hall–Kier alpha value is -1.90. The van der Waals surface area contributed by atoms with Crippen LogP contribution in [0.3, 0.4) is 0 Å². The van der Waals surface area contributed by atoms with Crippen LogP contribution in [0.2, 0.25) is 0 Å². The number of carbonyl (C=O) groups excluding carboxylic acids is 1. The molecule has 1 aromatic heterocycles. The molecule has 1 heterocycles. The van der Waals surface area contributed by atoms with Gasteiger partial charge in [0.2, 0.25) is 5.91 Å². The van der Waals surface area contributed by atoms with Crippen LogP contribution >= 0.6 is 0 Å². The maximum absolute atomic E-state index is 11.4. The first-order chi connectivity index (χ1) is 6.45. The predicted octanol–water partition coefficient (Wildman–Crippen LogP) is 0.866. The van der Waals surface area contributed by atoms with Crippen LogP contribution in [0.15, 0.2) is 4.52 Å². The van der Waals surface area contributed by atoms with Gasteiger partial charge in [-0.2, -0.15) is 10.2 Å². The lowest BCUT2D eigenvalue weighted by atomic mass is 9.95. The fraction of sp³-hybridized carbons (Fsp3) is 0.500. The van der Waals surface area contributed by atoms with Gasteiger partial charge in [-0.15, -0.1) is 0 Å². The lowest BCUT2D eigenvalue weighted by Gasteiger charge is -2.11. The zero-order valence-electron chi connectivity index (χ0n) is 8.16. The average Bonchev–Trinajstić information content (AvgIpc) is 2.51. The maximum Gasteiger partial charge on any atom is 0.328 e. The number of amides is 1. The highest BCUT2D eigenvalue weighted by Gasteiger charge is 2.28. The first-order valence-electron chi connectivity index (χ1n) is 3.99. The molecule has 0 fully saturated rings. The maximum atomic E-state index is 11.4. The minimum atomic E-state index is -1.11. The molecule has 0 unspecified atom stereocenters. The predicted molar refractivity (Wildman–Crippen MR) is 47.1 cm³/mol. The quantitative estimate of drug-likeness (QED) is 0.753. The van der Waals surface area contributed by atoms with Crippen molar-refractivity contribution in [2.24, 2.45) is 5.41 Å². The minimum absolute atomic E-state index is 0.0100. The number of carbonyl (C=O) groups is 1. The lowest BCUT2D eigenvalue weighted by Crippen LogP contribution is -2.29. The molecule has 74 valence electrons. The number of nitrogens with one attached hydrogen (secondary N) is 1.